The van der Waals surface area contributed by atoms with E-state index in [0.717, 1.165) is 29.7 Å². The van der Waals surface area contributed by atoms with E-state index in [0.29, 0.717) is 22.2 Å². The van der Waals surface area contributed by atoms with Crippen LogP contribution in [-0.4, -0.2) is 23.9 Å². The summed E-state index contributed by atoms with van der Waals surface area (Å²) in [7, 11) is 1.53. The molecule has 1 atom stereocenters. The van der Waals surface area contributed by atoms with Gasteiger partial charge in [-0.2, -0.15) is 0 Å². The first-order chi connectivity index (χ1) is 11.0. The Balaban J connectivity index is 1.92. The molecule has 1 heterocycles. The highest BCUT2D eigenvalue weighted by Gasteiger charge is 2.22. The Labute approximate surface area is 144 Å². The molecule has 2 aromatic carbocycles. The number of phenolic OH excluding ortho intramolecular Hbond substituents is 2. The highest BCUT2D eigenvalue weighted by Crippen LogP contribution is 2.37. The quantitative estimate of drug-likeness (QED) is 0.733. The second kappa shape index (κ2) is 6.48. The van der Waals surface area contributed by atoms with E-state index < -0.39 is 0 Å². The predicted octanol–water partition coefficient (Wildman–Crippen LogP) is 3.84. The van der Waals surface area contributed by atoms with Crippen LogP contribution in [0.3, 0.4) is 0 Å². The summed E-state index contributed by atoms with van der Waals surface area (Å²) in [4.78, 5) is 0. The summed E-state index contributed by atoms with van der Waals surface area (Å²) in [6.07, 6.45) is 1.48. The van der Waals surface area contributed by atoms with Crippen LogP contribution in [-0.2, 0) is 12.8 Å². The average Bonchev–Trinajstić information content (AvgIpc) is 2.49. The molecule has 0 aliphatic carbocycles. The van der Waals surface area contributed by atoms with Crippen molar-refractivity contribution in [1.29, 1.82) is 0 Å². The van der Waals surface area contributed by atoms with Crippen molar-refractivity contribution in [3.8, 4) is 17.2 Å². The van der Waals surface area contributed by atoms with Crippen LogP contribution in [0.25, 0.3) is 0 Å². The fraction of sp³-hybridized carbons (Fsp3) is 0.294. The molecule has 3 rings (SSSR count). The van der Waals surface area contributed by atoms with E-state index in [1.165, 1.54) is 7.11 Å². The van der Waals surface area contributed by atoms with Gasteiger partial charge in [-0.3, -0.25) is 0 Å². The maximum atomic E-state index is 9.78. The fourth-order valence-electron chi connectivity index (χ4n) is 3.01. The first-order valence-corrected chi connectivity index (χ1v) is 8.05. The van der Waals surface area contributed by atoms with Crippen molar-refractivity contribution in [3.05, 3.63) is 51.0 Å². The van der Waals surface area contributed by atoms with Crippen molar-refractivity contribution in [1.82, 2.24) is 5.32 Å². The van der Waals surface area contributed by atoms with E-state index in [2.05, 4.69) is 5.32 Å². The summed E-state index contributed by atoms with van der Waals surface area (Å²) in [6, 6.07) is 6.94. The predicted molar refractivity (Wildman–Crippen MR) is 90.9 cm³/mol. The smallest absolute Gasteiger partial charge is 0.157 e. The third kappa shape index (κ3) is 3.20. The van der Waals surface area contributed by atoms with Crippen LogP contribution in [0.1, 0.15) is 22.7 Å². The lowest BCUT2D eigenvalue weighted by Gasteiger charge is -2.27. The minimum atomic E-state index is -0.108. The van der Waals surface area contributed by atoms with Gasteiger partial charge in [-0.1, -0.05) is 23.2 Å². The van der Waals surface area contributed by atoms with Gasteiger partial charge >= 0.3 is 0 Å². The largest absolute Gasteiger partial charge is 0.504 e. The van der Waals surface area contributed by atoms with Crippen LogP contribution in [0.2, 0.25) is 10.0 Å². The number of fused-ring (bicyclic) bond motifs is 1. The van der Waals surface area contributed by atoms with Crippen molar-refractivity contribution in [2.75, 3.05) is 13.7 Å². The van der Waals surface area contributed by atoms with E-state index in [1.54, 1.807) is 12.1 Å². The third-order valence-corrected chi connectivity index (χ3v) is 4.66. The van der Waals surface area contributed by atoms with Crippen LogP contribution in [0.4, 0.5) is 0 Å². The van der Waals surface area contributed by atoms with Crippen LogP contribution in [0.15, 0.2) is 24.3 Å². The number of benzene rings is 2. The monoisotopic (exact) mass is 353 g/mol. The first kappa shape index (κ1) is 16.2. The minimum absolute atomic E-state index is 0.0192. The average molecular weight is 354 g/mol. The molecule has 0 saturated heterocycles. The molecule has 0 unspecified atom stereocenters. The molecule has 122 valence electrons. The Morgan fingerprint density at radius 2 is 1.78 bits per heavy atom. The number of hydrogen-bond acceptors (Lipinski definition) is 4. The SMILES string of the molecule is COc1c(Cl)cc(C[C@H]2NCCc3cc(O)c(O)cc32)cc1Cl. The maximum Gasteiger partial charge on any atom is 0.157 e. The molecule has 3 N–H and O–H groups in total. The van der Waals surface area contributed by atoms with E-state index in [9.17, 15) is 10.2 Å². The molecular weight excluding hydrogens is 337 g/mol. The van der Waals surface area contributed by atoms with Crippen LogP contribution < -0.4 is 10.1 Å². The molecule has 23 heavy (non-hydrogen) atoms. The normalized spacial score (nSPS) is 16.9. The number of methoxy groups -OCH3 is 1. The number of aromatic hydroxyl groups is 2. The van der Waals surface area contributed by atoms with Gasteiger partial charge in [-0.05, 0) is 60.3 Å². The Morgan fingerprint density at radius 1 is 1.13 bits per heavy atom. The van der Waals surface area contributed by atoms with E-state index in [4.69, 9.17) is 27.9 Å². The van der Waals surface area contributed by atoms with Crippen LogP contribution in [0, 0.1) is 0 Å². The van der Waals surface area contributed by atoms with Crippen molar-refractivity contribution in [2.24, 2.45) is 0 Å². The summed E-state index contributed by atoms with van der Waals surface area (Å²) in [5, 5.41) is 23.8. The molecule has 0 aromatic heterocycles. The van der Waals surface area contributed by atoms with Crippen molar-refractivity contribution >= 4 is 23.2 Å². The number of phenols is 2. The molecule has 0 saturated carbocycles. The standard InChI is InChI=1S/C17H17Cl2NO3/c1-23-17-12(18)4-9(5-13(17)19)6-14-11-8-16(22)15(21)7-10(11)2-3-20-14/h4-5,7-8,14,20-22H,2-3,6H2,1H3/t14-/m1/s1. The Morgan fingerprint density at radius 3 is 2.43 bits per heavy atom. The zero-order valence-corrected chi connectivity index (χ0v) is 14.1. The Bertz CT molecular complexity index is 726. The topological polar surface area (TPSA) is 61.7 Å². The number of hydrogen-bond donors (Lipinski definition) is 3. The molecule has 0 radical (unpaired) electrons. The van der Waals surface area contributed by atoms with E-state index in [-0.39, 0.29) is 17.5 Å². The zero-order valence-electron chi connectivity index (χ0n) is 12.6. The summed E-state index contributed by atoms with van der Waals surface area (Å²) in [5.41, 5.74) is 2.99. The van der Waals surface area contributed by atoms with E-state index in [1.807, 2.05) is 12.1 Å². The zero-order chi connectivity index (χ0) is 16.6. The summed E-state index contributed by atoms with van der Waals surface area (Å²) in [6.45, 7) is 0.805. The van der Waals surface area contributed by atoms with E-state index >= 15 is 0 Å². The Kier molecular flexibility index (Phi) is 4.57. The van der Waals surface area contributed by atoms with Crippen LogP contribution in [0.5, 0.6) is 17.2 Å². The van der Waals surface area contributed by atoms with Gasteiger partial charge in [-0.15, -0.1) is 0 Å². The minimum Gasteiger partial charge on any atom is -0.504 e. The molecule has 0 spiro atoms. The van der Waals surface area contributed by atoms with Gasteiger partial charge in [0.05, 0.1) is 17.2 Å². The maximum absolute atomic E-state index is 9.78. The lowest BCUT2D eigenvalue weighted by molar-refractivity contribution is 0.398. The van der Waals surface area contributed by atoms with Gasteiger partial charge in [0.25, 0.3) is 0 Å². The molecule has 6 heteroatoms. The van der Waals surface area contributed by atoms with Gasteiger partial charge in [0, 0.05) is 6.04 Å². The second-order valence-corrected chi connectivity index (χ2v) is 6.41. The fourth-order valence-corrected chi connectivity index (χ4v) is 3.70. The number of ether oxygens (including phenoxy) is 1. The Hall–Kier alpha value is -1.62. The molecule has 0 bridgehead atoms. The number of nitrogens with one attached hydrogen (secondary N) is 1. The van der Waals surface area contributed by atoms with Crippen LogP contribution >= 0.6 is 23.2 Å². The molecule has 2 aromatic rings. The highest BCUT2D eigenvalue weighted by atomic mass is 35.5. The summed E-state index contributed by atoms with van der Waals surface area (Å²) < 4.78 is 5.17. The highest BCUT2D eigenvalue weighted by molar-refractivity contribution is 6.37. The number of halogens is 2. The molecule has 1 aliphatic rings. The van der Waals surface area contributed by atoms with Gasteiger partial charge in [0.1, 0.15) is 0 Å². The number of rotatable bonds is 3. The summed E-state index contributed by atoms with van der Waals surface area (Å²) >= 11 is 12.4. The molecule has 4 nitrogen and oxygen atoms in total. The molecule has 1 aliphatic heterocycles. The van der Waals surface area contributed by atoms with Crippen molar-refractivity contribution < 1.29 is 14.9 Å². The lowest BCUT2D eigenvalue weighted by atomic mass is 9.90. The van der Waals surface area contributed by atoms with Crippen molar-refractivity contribution in [2.45, 2.75) is 18.9 Å². The van der Waals surface area contributed by atoms with Gasteiger partial charge in [0.15, 0.2) is 17.2 Å². The molecule has 0 amide bonds. The summed E-state index contributed by atoms with van der Waals surface area (Å²) in [5.74, 6) is 0.278. The lowest BCUT2D eigenvalue weighted by Crippen LogP contribution is -2.31. The van der Waals surface area contributed by atoms with Gasteiger partial charge in [-0.25, -0.2) is 0 Å². The van der Waals surface area contributed by atoms with Crippen molar-refractivity contribution in [3.63, 3.8) is 0 Å². The molecule has 0 fully saturated rings. The molecular formula is C17H17Cl2NO3. The van der Waals surface area contributed by atoms with Gasteiger partial charge < -0.3 is 20.3 Å². The second-order valence-electron chi connectivity index (χ2n) is 5.59. The third-order valence-electron chi connectivity index (χ3n) is 4.10. The first-order valence-electron chi connectivity index (χ1n) is 7.29. The van der Waals surface area contributed by atoms with Gasteiger partial charge in [0.2, 0.25) is 0 Å².